The van der Waals surface area contributed by atoms with E-state index < -0.39 is 0 Å². The Morgan fingerprint density at radius 2 is 1.80 bits per heavy atom. The van der Waals surface area contributed by atoms with Gasteiger partial charge >= 0.3 is 0 Å². The normalized spacial score (nSPS) is 12.7. The lowest BCUT2D eigenvalue weighted by Gasteiger charge is -2.10. The Hall–Kier alpha value is -0.540. The van der Waals surface area contributed by atoms with Crippen molar-refractivity contribution in [1.29, 1.82) is 0 Å². The number of alkyl halides is 1. The lowest BCUT2D eigenvalue weighted by atomic mass is 10.1. The van der Waals surface area contributed by atoms with Gasteiger partial charge in [0, 0.05) is 25.5 Å². The topological polar surface area (TPSA) is 27.1 Å². The van der Waals surface area contributed by atoms with Gasteiger partial charge in [0.2, 0.25) is 0 Å². The third kappa shape index (κ3) is 9.38. The maximum Gasteiger partial charge on any atom is 0.0946 e. The van der Waals surface area contributed by atoms with Gasteiger partial charge in [-0.25, -0.2) is 4.98 Å². The van der Waals surface area contributed by atoms with E-state index in [1.807, 2.05) is 10.8 Å². The van der Waals surface area contributed by atoms with Gasteiger partial charge < -0.3 is 9.30 Å². The van der Waals surface area contributed by atoms with Crippen molar-refractivity contribution < 1.29 is 4.74 Å². The van der Waals surface area contributed by atoms with Crippen LogP contribution in [0.3, 0.4) is 0 Å². The molecule has 0 N–H and O–H groups in total. The first-order valence-electron chi connectivity index (χ1n) is 8.00. The lowest BCUT2D eigenvalue weighted by molar-refractivity contribution is 0.127. The van der Waals surface area contributed by atoms with Gasteiger partial charge in [-0.05, 0) is 6.42 Å². The van der Waals surface area contributed by atoms with E-state index in [2.05, 4.69) is 11.9 Å². The molecule has 4 heteroatoms. The van der Waals surface area contributed by atoms with Crippen LogP contribution in [0.15, 0.2) is 18.7 Å². The van der Waals surface area contributed by atoms with E-state index in [9.17, 15) is 0 Å². The second-order valence-corrected chi connectivity index (χ2v) is 6.02. The number of imidazole rings is 1. The van der Waals surface area contributed by atoms with Crippen molar-refractivity contribution in [2.24, 2.45) is 0 Å². The summed E-state index contributed by atoms with van der Waals surface area (Å²) >= 11 is 6.21. The zero-order valence-corrected chi connectivity index (χ0v) is 13.5. The van der Waals surface area contributed by atoms with Crippen LogP contribution in [0.25, 0.3) is 0 Å². The van der Waals surface area contributed by atoms with Crippen molar-refractivity contribution in [3.8, 4) is 0 Å². The molecule has 0 saturated carbocycles. The third-order valence-electron chi connectivity index (χ3n) is 3.41. The largest absolute Gasteiger partial charge is 0.380 e. The fourth-order valence-corrected chi connectivity index (χ4v) is 2.47. The number of rotatable bonds is 13. The second kappa shape index (κ2) is 12.2. The molecule has 1 unspecified atom stereocenters. The Bertz CT molecular complexity index is 303. The lowest BCUT2D eigenvalue weighted by Crippen LogP contribution is -2.16. The highest BCUT2D eigenvalue weighted by Gasteiger charge is 2.05. The minimum Gasteiger partial charge on any atom is -0.380 e. The third-order valence-corrected chi connectivity index (χ3v) is 3.67. The van der Waals surface area contributed by atoms with Crippen LogP contribution in [0.2, 0.25) is 0 Å². The van der Waals surface area contributed by atoms with E-state index >= 15 is 0 Å². The van der Waals surface area contributed by atoms with Gasteiger partial charge in [0.25, 0.3) is 0 Å². The summed E-state index contributed by atoms with van der Waals surface area (Å²) in [5.41, 5.74) is 0. The van der Waals surface area contributed by atoms with Crippen molar-refractivity contribution in [3.63, 3.8) is 0 Å². The van der Waals surface area contributed by atoms with Gasteiger partial charge in [0.1, 0.15) is 0 Å². The Morgan fingerprint density at radius 1 is 1.10 bits per heavy atom. The first-order chi connectivity index (χ1) is 9.83. The van der Waals surface area contributed by atoms with Crippen LogP contribution < -0.4 is 0 Å². The minimum atomic E-state index is 0.0262. The fourth-order valence-electron chi connectivity index (χ4n) is 2.23. The molecule has 0 aromatic carbocycles. The maximum absolute atomic E-state index is 6.21. The number of hydrogen-bond donors (Lipinski definition) is 0. The number of unbranched alkanes of at least 4 members (excludes halogenated alkanes) is 7. The summed E-state index contributed by atoms with van der Waals surface area (Å²) in [7, 11) is 0. The Labute approximate surface area is 128 Å². The standard InChI is InChI=1S/C16H29ClN2O/c1-2-3-4-5-6-7-8-9-12-20-14-16(17)13-19-11-10-18-15-19/h10-11,15-16H,2-9,12-14H2,1H3. The number of halogens is 1. The summed E-state index contributed by atoms with van der Waals surface area (Å²) < 4.78 is 7.61. The molecular weight excluding hydrogens is 272 g/mol. The molecule has 3 nitrogen and oxygen atoms in total. The van der Waals surface area contributed by atoms with Gasteiger partial charge in [-0.2, -0.15) is 0 Å². The van der Waals surface area contributed by atoms with Crippen LogP contribution in [0.5, 0.6) is 0 Å². The monoisotopic (exact) mass is 300 g/mol. The van der Waals surface area contributed by atoms with Crippen LogP contribution in [-0.4, -0.2) is 28.1 Å². The van der Waals surface area contributed by atoms with Gasteiger partial charge in [-0.1, -0.05) is 51.9 Å². The number of nitrogens with zero attached hydrogens (tertiary/aromatic N) is 2. The van der Waals surface area contributed by atoms with E-state index in [1.54, 1.807) is 12.5 Å². The molecule has 0 fully saturated rings. The zero-order valence-electron chi connectivity index (χ0n) is 12.8. The molecule has 1 heterocycles. The summed E-state index contributed by atoms with van der Waals surface area (Å²) in [6, 6.07) is 0. The molecule has 0 spiro atoms. The van der Waals surface area contributed by atoms with Crippen molar-refractivity contribution in [1.82, 2.24) is 9.55 Å². The van der Waals surface area contributed by atoms with Crippen molar-refractivity contribution in [2.45, 2.75) is 70.2 Å². The molecule has 0 amide bonds. The summed E-state index contributed by atoms with van der Waals surface area (Å²) in [5, 5.41) is 0.0262. The molecule has 0 aliphatic rings. The van der Waals surface area contributed by atoms with E-state index in [-0.39, 0.29) is 5.38 Å². The first-order valence-corrected chi connectivity index (χ1v) is 8.44. The van der Waals surface area contributed by atoms with Gasteiger partial charge in [-0.15, -0.1) is 11.6 Å². The van der Waals surface area contributed by atoms with Crippen molar-refractivity contribution in [3.05, 3.63) is 18.7 Å². The molecule has 1 atom stereocenters. The second-order valence-electron chi connectivity index (χ2n) is 5.41. The zero-order chi connectivity index (χ0) is 14.5. The average molecular weight is 301 g/mol. The van der Waals surface area contributed by atoms with Crippen LogP contribution in [0, 0.1) is 0 Å². The molecule has 0 saturated heterocycles. The molecule has 0 radical (unpaired) electrons. The predicted molar refractivity (Wildman–Crippen MR) is 85.3 cm³/mol. The van der Waals surface area contributed by atoms with Gasteiger partial charge in [-0.3, -0.25) is 0 Å². The van der Waals surface area contributed by atoms with E-state index in [1.165, 1.54) is 44.9 Å². The average Bonchev–Trinajstić information content (AvgIpc) is 2.93. The Morgan fingerprint density at radius 3 is 2.45 bits per heavy atom. The summed E-state index contributed by atoms with van der Waals surface area (Å²) in [6.45, 7) is 4.48. The quantitative estimate of drug-likeness (QED) is 0.392. The molecule has 20 heavy (non-hydrogen) atoms. The van der Waals surface area contributed by atoms with Crippen LogP contribution in [-0.2, 0) is 11.3 Å². The highest BCUT2D eigenvalue weighted by Crippen LogP contribution is 2.08. The van der Waals surface area contributed by atoms with E-state index in [4.69, 9.17) is 16.3 Å². The molecular formula is C16H29ClN2O. The fraction of sp³-hybridized carbons (Fsp3) is 0.812. The number of aromatic nitrogens is 2. The summed E-state index contributed by atoms with van der Waals surface area (Å²) in [5.74, 6) is 0. The molecule has 1 rings (SSSR count). The molecule has 0 aliphatic carbocycles. The van der Waals surface area contributed by atoms with E-state index in [0.717, 1.165) is 19.6 Å². The van der Waals surface area contributed by atoms with Crippen LogP contribution in [0.1, 0.15) is 58.3 Å². The molecule has 0 bridgehead atoms. The van der Waals surface area contributed by atoms with Crippen LogP contribution in [0.4, 0.5) is 0 Å². The summed E-state index contributed by atoms with van der Waals surface area (Å²) in [6.07, 6.45) is 16.1. The summed E-state index contributed by atoms with van der Waals surface area (Å²) in [4.78, 5) is 4.00. The minimum absolute atomic E-state index is 0.0262. The van der Waals surface area contributed by atoms with Crippen molar-refractivity contribution >= 4 is 11.6 Å². The molecule has 116 valence electrons. The highest BCUT2D eigenvalue weighted by atomic mass is 35.5. The first kappa shape index (κ1) is 17.5. The Balaban J connectivity index is 1.82. The van der Waals surface area contributed by atoms with Gasteiger partial charge in [0.15, 0.2) is 0 Å². The highest BCUT2D eigenvalue weighted by molar-refractivity contribution is 6.20. The number of hydrogen-bond acceptors (Lipinski definition) is 2. The van der Waals surface area contributed by atoms with E-state index in [0.29, 0.717) is 6.61 Å². The van der Waals surface area contributed by atoms with Gasteiger partial charge in [0.05, 0.1) is 18.3 Å². The molecule has 1 aromatic rings. The molecule has 0 aliphatic heterocycles. The number of ether oxygens (including phenoxy) is 1. The van der Waals surface area contributed by atoms with Crippen LogP contribution >= 0.6 is 11.6 Å². The Kier molecular flexibility index (Phi) is 10.7. The smallest absolute Gasteiger partial charge is 0.0946 e. The van der Waals surface area contributed by atoms with Crippen molar-refractivity contribution in [2.75, 3.05) is 13.2 Å². The molecule has 1 aromatic heterocycles. The maximum atomic E-state index is 6.21. The SMILES string of the molecule is CCCCCCCCCCOCC(Cl)Cn1ccnc1. The predicted octanol–water partition coefficient (Wildman–Crippen LogP) is 4.65.